The van der Waals surface area contributed by atoms with Gasteiger partial charge in [-0.3, -0.25) is 0 Å². The highest BCUT2D eigenvalue weighted by Crippen LogP contribution is 2.23. The SMILES string of the molecule is CC(C)Cc1ccc(C(O)c2ccc(I)cc2)cc1. The Morgan fingerprint density at radius 2 is 1.37 bits per heavy atom. The van der Waals surface area contributed by atoms with Gasteiger partial charge in [-0.25, -0.2) is 0 Å². The Kier molecular flexibility index (Phi) is 4.99. The largest absolute Gasteiger partial charge is 0.384 e. The number of aliphatic hydroxyl groups is 1. The van der Waals surface area contributed by atoms with Gasteiger partial charge in [0.1, 0.15) is 6.10 Å². The van der Waals surface area contributed by atoms with E-state index >= 15 is 0 Å². The van der Waals surface area contributed by atoms with Gasteiger partial charge in [0.25, 0.3) is 0 Å². The molecule has 1 unspecified atom stereocenters. The lowest BCUT2D eigenvalue weighted by atomic mass is 9.97. The third-order valence-electron chi connectivity index (χ3n) is 3.13. The molecule has 2 rings (SSSR count). The van der Waals surface area contributed by atoms with Crippen LogP contribution in [0.1, 0.15) is 36.6 Å². The summed E-state index contributed by atoms with van der Waals surface area (Å²) in [5.74, 6) is 0.659. The molecule has 0 aromatic heterocycles. The third kappa shape index (κ3) is 4.05. The summed E-state index contributed by atoms with van der Waals surface area (Å²) in [5, 5.41) is 10.4. The summed E-state index contributed by atoms with van der Waals surface area (Å²) in [7, 11) is 0. The highest BCUT2D eigenvalue weighted by Gasteiger charge is 2.10. The van der Waals surface area contributed by atoms with Crippen molar-refractivity contribution in [3.8, 4) is 0 Å². The van der Waals surface area contributed by atoms with Crippen LogP contribution >= 0.6 is 22.6 Å². The first-order chi connectivity index (χ1) is 9.06. The van der Waals surface area contributed by atoms with Gasteiger partial charge in [-0.2, -0.15) is 0 Å². The van der Waals surface area contributed by atoms with E-state index in [2.05, 4.69) is 48.6 Å². The molecule has 0 radical (unpaired) electrons. The van der Waals surface area contributed by atoms with E-state index in [1.807, 2.05) is 36.4 Å². The van der Waals surface area contributed by atoms with E-state index in [1.165, 1.54) is 9.13 Å². The molecule has 1 atom stereocenters. The molecule has 100 valence electrons. The lowest BCUT2D eigenvalue weighted by Crippen LogP contribution is -2.00. The lowest BCUT2D eigenvalue weighted by Gasteiger charge is -2.13. The molecule has 2 aromatic carbocycles. The molecule has 0 saturated heterocycles. The molecule has 0 saturated carbocycles. The maximum atomic E-state index is 10.4. The summed E-state index contributed by atoms with van der Waals surface area (Å²) >= 11 is 2.27. The van der Waals surface area contributed by atoms with E-state index in [-0.39, 0.29) is 0 Å². The maximum absolute atomic E-state index is 10.4. The van der Waals surface area contributed by atoms with Gasteiger partial charge in [-0.15, -0.1) is 0 Å². The highest BCUT2D eigenvalue weighted by atomic mass is 127. The van der Waals surface area contributed by atoms with Crippen molar-refractivity contribution in [2.75, 3.05) is 0 Å². The predicted molar refractivity (Wildman–Crippen MR) is 88.2 cm³/mol. The molecular formula is C17H19IO. The van der Waals surface area contributed by atoms with Gasteiger partial charge in [-0.1, -0.05) is 50.2 Å². The van der Waals surface area contributed by atoms with Gasteiger partial charge in [0.05, 0.1) is 0 Å². The molecule has 2 heteroatoms. The summed E-state index contributed by atoms with van der Waals surface area (Å²) in [6.45, 7) is 4.43. The van der Waals surface area contributed by atoms with Crippen molar-refractivity contribution < 1.29 is 5.11 Å². The molecule has 0 spiro atoms. The van der Waals surface area contributed by atoms with Gasteiger partial charge in [0, 0.05) is 3.57 Å². The molecule has 0 aliphatic heterocycles. The van der Waals surface area contributed by atoms with Crippen molar-refractivity contribution in [2.45, 2.75) is 26.4 Å². The van der Waals surface area contributed by atoms with E-state index in [0.717, 1.165) is 17.5 Å². The molecule has 1 nitrogen and oxygen atoms in total. The molecule has 0 aliphatic carbocycles. The monoisotopic (exact) mass is 366 g/mol. The van der Waals surface area contributed by atoms with Crippen LogP contribution in [0.25, 0.3) is 0 Å². The molecular weight excluding hydrogens is 347 g/mol. The Hall–Kier alpha value is -0.870. The molecule has 19 heavy (non-hydrogen) atoms. The fourth-order valence-electron chi connectivity index (χ4n) is 2.14. The molecule has 0 heterocycles. The minimum Gasteiger partial charge on any atom is -0.384 e. The van der Waals surface area contributed by atoms with Crippen LogP contribution in [0.5, 0.6) is 0 Å². The highest BCUT2D eigenvalue weighted by molar-refractivity contribution is 14.1. The van der Waals surface area contributed by atoms with Crippen LogP contribution < -0.4 is 0 Å². The minimum absolute atomic E-state index is 0.537. The Bertz CT molecular complexity index is 514. The lowest BCUT2D eigenvalue weighted by molar-refractivity contribution is 0.220. The van der Waals surface area contributed by atoms with Crippen molar-refractivity contribution in [1.82, 2.24) is 0 Å². The smallest absolute Gasteiger partial charge is 0.104 e. The van der Waals surface area contributed by atoms with E-state index in [0.29, 0.717) is 5.92 Å². The fourth-order valence-corrected chi connectivity index (χ4v) is 2.50. The van der Waals surface area contributed by atoms with Crippen molar-refractivity contribution >= 4 is 22.6 Å². The van der Waals surface area contributed by atoms with Gasteiger partial charge in [0.2, 0.25) is 0 Å². The second-order valence-corrected chi connectivity index (χ2v) is 6.54. The number of hydrogen-bond acceptors (Lipinski definition) is 1. The topological polar surface area (TPSA) is 20.2 Å². The number of aliphatic hydroxyl groups excluding tert-OH is 1. The first-order valence-corrected chi connectivity index (χ1v) is 7.66. The van der Waals surface area contributed by atoms with Crippen LogP contribution in [0, 0.1) is 9.49 Å². The van der Waals surface area contributed by atoms with Crippen LogP contribution in [-0.4, -0.2) is 5.11 Å². The third-order valence-corrected chi connectivity index (χ3v) is 3.84. The van der Waals surface area contributed by atoms with Crippen LogP contribution in [0.4, 0.5) is 0 Å². The predicted octanol–water partition coefficient (Wildman–Crippen LogP) is 4.57. The maximum Gasteiger partial charge on any atom is 0.104 e. The number of hydrogen-bond donors (Lipinski definition) is 1. The van der Waals surface area contributed by atoms with Gasteiger partial charge >= 0.3 is 0 Å². The normalized spacial score (nSPS) is 12.7. The molecule has 0 fully saturated rings. The van der Waals surface area contributed by atoms with Crippen molar-refractivity contribution in [2.24, 2.45) is 5.92 Å². The Morgan fingerprint density at radius 1 is 0.895 bits per heavy atom. The van der Waals surface area contributed by atoms with E-state index in [1.54, 1.807) is 0 Å². The summed E-state index contributed by atoms with van der Waals surface area (Å²) in [5.41, 5.74) is 3.22. The summed E-state index contributed by atoms with van der Waals surface area (Å²) in [6.07, 6.45) is 0.546. The zero-order valence-corrected chi connectivity index (χ0v) is 13.5. The number of halogens is 1. The molecule has 0 amide bonds. The quantitative estimate of drug-likeness (QED) is 0.786. The van der Waals surface area contributed by atoms with E-state index < -0.39 is 6.10 Å². The Balaban J connectivity index is 2.15. The molecule has 2 aromatic rings. The zero-order valence-electron chi connectivity index (χ0n) is 11.3. The van der Waals surface area contributed by atoms with Crippen LogP contribution in [0.3, 0.4) is 0 Å². The van der Waals surface area contributed by atoms with Crippen LogP contribution in [0.15, 0.2) is 48.5 Å². The Labute approximate surface area is 128 Å². The standard InChI is InChI=1S/C17H19IO/c1-12(2)11-13-3-5-14(6-4-13)17(19)15-7-9-16(18)10-8-15/h3-10,12,17,19H,11H2,1-2H3. The zero-order chi connectivity index (χ0) is 13.8. The second kappa shape index (κ2) is 6.53. The van der Waals surface area contributed by atoms with Crippen LogP contribution in [0.2, 0.25) is 0 Å². The summed E-state index contributed by atoms with van der Waals surface area (Å²) < 4.78 is 1.18. The molecule has 0 bridgehead atoms. The van der Waals surface area contributed by atoms with Gasteiger partial charge in [0.15, 0.2) is 0 Å². The second-order valence-electron chi connectivity index (χ2n) is 5.29. The van der Waals surface area contributed by atoms with Crippen LogP contribution in [-0.2, 0) is 6.42 Å². The first kappa shape index (κ1) is 14.5. The van der Waals surface area contributed by atoms with Crippen molar-refractivity contribution in [3.63, 3.8) is 0 Å². The number of rotatable bonds is 4. The summed E-state index contributed by atoms with van der Waals surface area (Å²) in [6, 6.07) is 16.3. The van der Waals surface area contributed by atoms with E-state index in [4.69, 9.17) is 0 Å². The van der Waals surface area contributed by atoms with Crippen molar-refractivity contribution in [1.29, 1.82) is 0 Å². The average molecular weight is 366 g/mol. The van der Waals surface area contributed by atoms with E-state index in [9.17, 15) is 5.11 Å². The average Bonchev–Trinajstić information content (AvgIpc) is 2.39. The molecule has 1 N–H and O–H groups in total. The molecule has 0 aliphatic rings. The van der Waals surface area contributed by atoms with Gasteiger partial charge in [-0.05, 0) is 63.8 Å². The minimum atomic E-state index is -0.537. The first-order valence-electron chi connectivity index (χ1n) is 6.58. The van der Waals surface area contributed by atoms with Gasteiger partial charge < -0.3 is 5.11 Å². The Morgan fingerprint density at radius 3 is 1.84 bits per heavy atom. The number of benzene rings is 2. The summed E-state index contributed by atoms with van der Waals surface area (Å²) in [4.78, 5) is 0. The fraction of sp³-hybridized carbons (Fsp3) is 0.294. The van der Waals surface area contributed by atoms with Crippen molar-refractivity contribution in [3.05, 3.63) is 68.8 Å².